The molecule has 25 heavy (non-hydrogen) atoms. The zero-order valence-corrected chi connectivity index (χ0v) is 14.4. The van der Waals surface area contributed by atoms with Gasteiger partial charge < -0.3 is 10.1 Å². The third kappa shape index (κ3) is 3.51. The van der Waals surface area contributed by atoms with Crippen molar-refractivity contribution in [3.05, 3.63) is 65.3 Å². The fourth-order valence-corrected chi connectivity index (χ4v) is 2.64. The average molecular weight is 357 g/mol. The van der Waals surface area contributed by atoms with Gasteiger partial charge in [0.15, 0.2) is 0 Å². The Balaban J connectivity index is 1.80. The monoisotopic (exact) mass is 356 g/mol. The van der Waals surface area contributed by atoms with Gasteiger partial charge in [0, 0.05) is 5.69 Å². The highest BCUT2D eigenvalue weighted by molar-refractivity contribution is 6.53. The van der Waals surface area contributed by atoms with Crippen LogP contribution in [0.2, 0.25) is 0 Å². The van der Waals surface area contributed by atoms with E-state index in [1.165, 1.54) is 0 Å². The van der Waals surface area contributed by atoms with E-state index in [2.05, 4.69) is 5.32 Å². The van der Waals surface area contributed by atoms with Gasteiger partial charge in [-0.25, -0.2) is 4.90 Å². The van der Waals surface area contributed by atoms with Crippen molar-refractivity contribution in [2.24, 2.45) is 0 Å². The lowest BCUT2D eigenvalue weighted by atomic mass is 10.2. The molecular weight excluding hydrogens is 340 g/mol. The average Bonchev–Trinajstić information content (AvgIpc) is 2.85. The van der Waals surface area contributed by atoms with Crippen molar-refractivity contribution in [1.29, 1.82) is 0 Å². The zero-order valence-electron chi connectivity index (χ0n) is 13.7. The van der Waals surface area contributed by atoms with Crippen molar-refractivity contribution < 1.29 is 14.3 Å². The van der Waals surface area contributed by atoms with Gasteiger partial charge in [0.25, 0.3) is 11.8 Å². The summed E-state index contributed by atoms with van der Waals surface area (Å²) in [4.78, 5) is 26.1. The van der Waals surface area contributed by atoms with Crippen LogP contribution in [0.4, 0.5) is 11.4 Å². The minimum atomic E-state index is -0.549. The van der Waals surface area contributed by atoms with Crippen molar-refractivity contribution in [2.75, 3.05) is 16.8 Å². The molecule has 0 atom stereocenters. The predicted molar refractivity (Wildman–Crippen MR) is 97.7 cm³/mol. The van der Waals surface area contributed by atoms with Crippen LogP contribution < -0.4 is 15.0 Å². The Bertz CT molecular complexity index is 816. The van der Waals surface area contributed by atoms with Crippen molar-refractivity contribution in [1.82, 2.24) is 0 Å². The molecule has 0 spiro atoms. The van der Waals surface area contributed by atoms with Crippen LogP contribution in [0.1, 0.15) is 13.3 Å². The first-order valence-electron chi connectivity index (χ1n) is 7.95. The maximum absolute atomic E-state index is 12.7. The number of carbonyl (C=O) groups is 2. The van der Waals surface area contributed by atoms with E-state index in [0.29, 0.717) is 23.7 Å². The number of hydrogen-bond donors (Lipinski definition) is 1. The fraction of sp³-hybridized carbons (Fsp3) is 0.158. The molecule has 2 amide bonds. The highest BCUT2D eigenvalue weighted by Crippen LogP contribution is 2.31. The van der Waals surface area contributed by atoms with E-state index >= 15 is 0 Å². The van der Waals surface area contributed by atoms with Crippen molar-refractivity contribution in [3.8, 4) is 5.75 Å². The lowest BCUT2D eigenvalue weighted by molar-refractivity contribution is -0.120. The van der Waals surface area contributed by atoms with Gasteiger partial charge in [-0.15, -0.1) is 0 Å². The molecule has 0 fully saturated rings. The number of hydrogen-bond acceptors (Lipinski definition) is 4. The van der Waals surface area contributed by atoms with Crippen LogP contribution in [0, 0.1) is 0 Å². The van der Waals surface area contributed by atoms with E-state index in [1.54, 1.807) is 36.4 Å². The van der Waals surface area contributed by atoms with E-state index in [1.807, 2.05) is 25.1 Å². The molecule has 2 aromatic carbocycles. The molecular formula is C19H17ClN2O3. The van der Waals surface area contributed by atoms with Crippen molar-refractivity contribution in [3.63, 3.8) is 0 Å². The Labute approximate surface area is 150 Å². The summed E-state index contributed by atoms with van der Waals surface area (Å²) in [7, 11) is 0. The fourth-order valence-electron chi connectivity index (χ4n) is 2.42. The molecule has 2 aromatic rings. The number of carbonyl (C=O) groups excluding carboxylic acids is 2. The molecule has 0 saturated heterocycles. The van der Waals surface area contributed by atoms with Crippen LogP contribution in [-0.4, -0.2) is 18.4 Å². The highest BCUT2D eigenvalue weighted by Gasteiger charge is 2.38. The number of nitrogens with zero attached hydrogens (tertiary/aromatic N) is 1. The Morgan fingerprint density at radius 1 is 1.00 bits per heavy atom. The number of benzene rings is 2. The quantitative estimate of drug-likeness (QED) is 0.797. The molecule has 3 rings (SSSR count). The maximum atomic E-state index is 12.7. The minimum Gasteiger partial charge on any atom is -0.494 e. The summed E-state index contributed by atoms with van der Waals surface area (Å²) in [5.41, 5.74) is 1.20. The predicted octanol–water partition coefficient (Wildman–Crippen LogP) is 3.91. The molecule has 128 valence electrons. The molecule has 0 bridgehead atoms. The van der Waals surface area contributed by atoms with Gasteiger partial charge in [-0.3, -0.25) is 9.59 Å². The number of para-hydroxylation sites is 1. The molecule has 0 unspecified atom stereocenters. The Morgan fingerprint density at radius 2 is 1.68 bits per heavy atom. The minimum absolute atomic E-state index is 0.0733. The van der Waals surface area contributed by atoms with Crippen LogP contribution >= 0.6 is 11.6 Å². The number of ether oxygens (including phenoxy) is 1. The summed E-state index contributed by atoms with van der Waals surface area (Å²) < 4.78 is 5.51. The Kier molecular flexibility index (Phi) is 5.05. The first-order chi connectivity index (χ1) is 12.1. The number of nitrogens with one attached hydrogen (secondary N) is 1. The lowest BCUT2D eigenvalue weighted by Gasteiger charge is -2.15. The molecule has 1 heterocycles. The van der Waals surface area contributed by atoms with E-state index in [-0.39, 0.29) is 10.7 Å². The Hall–Kier alpha value is -2.79. The summed E-state index contributed by atoms with van der Waals surface area (Å²) in [5.74, 6) is -0.347. The van der Waals surface area contributed by atoms with Gasteiger partial charge in [0.05, 0.1) is 12.3 Å². The number of amides is 2. The first-order valence-corrected chi connectivity index (χ1v) is 8.33. The molecule has 0 aliphatic carbocycles. The lowest BCUT2D eigenvalue weighted by Crippen LogP contribution is -2.32. The second kappa shape index (κ2) is 7.40. The van der Waals surface area contributed by atoms with E-state index in [9.17, 15) is 9.59 Å². The summed E-state index contributed by atoms with van der Waals surface area (Å²) >= 11 is 6.10. The number of imide groups is 1. The van der Waals surface area contributed by atoms with Gasteiger partial charge in [0.2, 0.25) is 0 Å². The second-order valence-electron chi connectivity index (χ2n) is 5.47. The van der Waals surface area contributed by atoms with Crippen LogP contribution in [0.25, 0.3) is 0 Å². The Morgan fingerprint density at radius 3 is 2.32 bits per heavy atom. The second-order valence-corrected chi connectivity index (χ2v) is 5.85. The first kappa shape index (κ1) is 17.0. The van der Waals surface area contributed by atoms with Gasteiger partial charge in [-0.05, 0) is 42.8 Å². The van der Waals surface area contributed by atoms with E-state index in [4.69, 9.17) is 16.3 Å². The summed E-state index contributed by atoms with van der Waals surface area (Å²) in [6, 6.07) is 15.9. The SMILES string of the molecule is CCCOc1ccc(N2C(=O)C(Cl)=C(Nc3ccccc3)C2=O)cc1. The molecule has 1 N–H and O–H groups in total. The van der Waals surface area contributed by atoms with Gasteiger partial charge in [-0.2, -0.15) is 0 Å². The van der Waals surface area contributed by atoms with E-state index in [0.717, 1.165) is 11.3 Å². The molecule has 0 aromatic heterocycles. The number of halogens is 1. The third-order valence-electron chi connectivity index (χ3n) is 3.64. The molecule has 0 radical (unpaired) electrons. The van der Waals surface area contributed by atoms with Crippen LogP contribution in [0.15, 0.2) is 65.3 Å². The van der Waals surface area contributed by atoms with E-state index < -0.39 is 11.8 Å². The van der Waals surface area contributed by atoms with Crippen molar-refractivity contribution in [2.45, 2.75) is 13.3 Å². The highest BCUT2D eigenvalue weighted by atomic mass is 35.5. The van der Waals surface area contributed by atoms with Gasteiger partial charge >= 0.3 is 0 Å². The largest absolute Gasteiger partial charge is 0.494 e. The smallest absolute Gasteiger partial charge is 0.283 e. The number of rotatable bonds is 6. The maximum Gasteiger partial charge on any atom is 0.283 e. The molecule has 1 aliphatic heterocycles. The van der Waals surface area contributed by atoms with Gasteiger partial charge in [0.1, 0.15) is 16.5 Å². The topological polar surface area (TPSA) is 58.6 Å². The molecule has 5 nitrogen and oxygen atoms in total. The zero-order chi connectivity index (χ0) is 17.8. The number of anilines is 2. The summed E-state index contributed by atoms with van der Waals surface area (Å²) in [5, 5.41) is 2.80. The third-order valence-corrected chi connectivity index (χ3v) is 3.99. The van der Waals surface area contributed by atoms with Crippen molar-refractivity contribution >= 4 is 34.8 Å². The molecule has 6 heteroatoms. The molecule has 0 saturated carbocycles. The summed E-state index contributed by atoms with van der Waals surface area (Å²) in [6.07, 6.45) is 0.902. The van der Waals surface area contributed by atoms with Crippen LogP contribution in [0.5, 0.6) is 5.75 Å². The summed E-state index contributed by atoms with van der Waals surface area (Å²) in [6.45, 7) is 2.63. The van der Waals surface area contributed by atoms with Gasteiger partial charge in [-0.1, -0.05) is 36.7 Å². The van der Waals surface area contributed by atoms with Crippen LogP contribution in [-0.2, 0) is 9.59 Å². The molecule has 1 aliphatic rings. The normalized spacial score (nSPS) is 14.2. The van der Waals surface area contributed by atoms with Crippen LogP contribution in [0.3, 0.4) is 0 Å². The standard InChI is InChI=1S/C19H17ClN2O3/c1-2-12-25-15-10-8-14(9-11-15)22-18(23)16(20)17(19(22)24)21-13-6-4-3-5-7-13/h3-11,21H,2,12H2,1H3.